The third-order valence-corrected chi connectivity index (χ3v) is 6.20. The molecule has 1 saturated carbocycles. The minimum Gasteiger partial charge on any atom is -0.480 e. The highest BCUT2D eigenvalue weighted by atomic mass is 32.2. The lowest BCUT2D eigenvalue weighted by Gasteiger charge is -2.16. The van der Waals surface area contributed by atoms with Crippen LogP contribution >= 0.6 is 0 Å². The second-order valence-corrected chi connectivity index (χ2v) is 7.18. The molecule has 0 heterocycles. The molecule has 0 aromatic heterocycles. The molecule has 0 aliphatic heterocycles. The largest absolute Gasteiger partial charge is 0.480 e. The van der Waals surface area contributed by atoms with E-state index in [-0.39, 0.29) is 11.3 Å². The standard InChI is InChI=1S/C12H14O4S/c1-11(2)8-12(11,10(13)14)17(15,16)9-6-4-3-5-7-9/h3-7H,8H2,1-2H3,(H,13,14). The number of carboxylic acid groups (broad SMARTS) is 1. The lowest BCUT2D eigenvalue weighted by Crippen LogP contribution is -2.37. The van der Waals surface area contributed by atoms with Gasteiger partial charge in [-0.3, -0.25) is 4.79 Å². The first kappa shape index (κ1) is 12.1. The molecule has 1 unspecified atom stereocenters. The van der Waals surface area contributed by atoms with Gasteiger partial charge in [-0.2, -0.15) is 0 Å². The number of carboxylic acids is 1. The molecule has 0 radical (unpaired) electrons. The highest BCUT2D eigenvalue weighted by Crippen LogP contribution is 2.62. The maximum Gasteiger partial charge on any atom is 0.326 e. The van der Waals surface area contributed by atoms with Crippen molar-refractivity contribution in [3.63, 3.8) is 0 Å². The van der Waals surface area contributed by atoms with E-state index in [1.807, 2.05) is 0 Å². The molecule has 1 aliphatic carbocycles. The number of benzene rings is 1. The van der Waals surface area contributed by atoms with E-state index in [1.54, 1.807) is 32.0 Å². The third-order valence-electron chi connectivity index (χ3n) is 3.52. The Bertz CT molecular complexity index is 559. The van der Waals surface area contributed by atoms with Gasteiger partial charge in [0.15, 0.2) is 14.6 Å². The summed E-state index contributed by atoms with van der Waals surface area (Å²) < 4.78 is 23.1. The lowest BCUT2D eigenvalue weighted by atomic mass is 10.1. The van der Waals surface area contributed by atoms with Gasteiger partial charge in [-0.15, -0.1) is 0 Å². The van der Waals surface area contributed by atoms with E-state index >= 15 is 0 Å². The highest BCUT2D eigenvalue weighted by Gasteiger charge is 2.75. The number of aliphatic carboxylic acids is 1. The highest BCUT2D eigenvalue weighted by molar-refractivity contribution is 7.94. The van der Waals surface area contributed by atoms with Gasteiger partial charge < -0.3 is 5.11 Å². The molecule has 1 aromatic rings. The van der Waals surface area contributed by atoms with Crippen LogP contribution in [0.3, 0.4) is 0 Å². The Morgan fingerprint density at radius 1 is 1.24 bits per heavy atom. The number of sulfone groups is 1. The van der Waals surface area contributed by atoms with Crippen molar-refractivity contribution in [2.75, 3.05) is 0 Å². The molecule has 17 heavy (non-hydrogen) atoms. The third kappa shape index (κ3) is 1.42. The number of hydrogen-bond acceptors (Lipinski definition) is 3. The van der Waals surface area contributed by atoms with Gasteiger partial charge in [-0.25, -0.2) is 8.42 Å². The minimum atomic E-state index is -3.83. The number of hydrogen-bond donors (Lipinski definition) is 1. The Morgan fingerprint density at radius 2 is 1.71 bits per heavy atom. The molecule has 0 spiro atoms. The van der Waals surface area contributed by atoms with Crippen molar-refractivity contribution < 1.29 is 18.3 Å². The molecule has 1 fully saturated rings. The van der Waals surface area contributed by atoms with Gasteiger partial charge in [0.2, 0.25) is 0 Å². The Morgan fingerprint density at radius 3 is 2.06 bits per heavy atom. The van der Waals surface area contributed by atoms with Gasteiger partial charge in [0, 0.05) is 0 Å². The van der Waals surface area contributed by atoms with Crippen LogP contribution in [-0.2, 0) is 14.6 Å². The van der Waals surface area contributed by atoms with E-state index in [4.69, 9.17) is 0 Å². The van der Waals surface area contributed by atoms with Gasteiger partial charge in [0.25, 0.3) is 0 Å². The summed E-state index contributed by atoms with van der Waals surface area (Å²) in [5.41, 5.74) is -0.715. The summed E-state index contributed by atoms with van der Waals surface area (Å²) >= 11 is 0. The topological polar surface area (TPSA) is 71.4 Å². The predicted molar refractivity (Wildman–Crippen MR) is 62.4 cm³/mol. The molecule has 4 nitrogen and oxygen atoms in total. The SMILES string of the molecule is CC1(C)CC1(C(=O)O)S(=O)(=O)c1ccccc1. The number of rotatable bonds is 3. The maximum absolute atomic E-state index is 12.4. The van der Waals surface area contributed by atoms with Crippen LogP contribution in [0.5, 0.6) is 0 Å². The molecular formula is C12H14O4S. The van der Waals surface area contributed by atoms with E-state index in [0.29, 0.717) is 0 Å². The van der Waals surface area contributed by atoms with Crippen molar-refractivity contribution >= 4 is 15.8 Å². The number of carbonyl (C=O) groups is 1. The summed E-state index contributed by atoms with van der Waals surface area (Å²) in [6.07, 6.45) is 0.159. The molecule has 0 amide bonds. The predicted octanol–water partition coefficient (Wildman–Crippen LogP) is 1.71. The first-order chi connectivity index (χ1) is 7.76. The quantitative estimate of drug-likeness (QED) is 0.891. The summed E-state index contributed by atoms with van der Waals surface area (Å²) in [6, 6.07) is 7.77. The van der Waals surface area contributed by atoms with Crippen molar-refractivity contribution in [2.45, 2.75) is 29.9 Å². The van der Waals surface area contributed by atoms with Gasteiger partial charge >= 0.3 is 5.97 Å². The molecule has 0 saturated heterocycles. The fourth-order valence-corrected chi connectivity index (χ4v) is 4.74. The van der Waals surface area contributed by atoms with Crippen molar-refractivity contribution in [3.8, 4) is 0 Å². The zero-order valence-corrected chi connectivity index (χ0v) is 10.5. The maximum atomic E-state index is 12.4. The van der Waals surface area contributed by atoms with Crippen LogP contribution in [0.1, 0.15) is 20.3 Å². The zero-order chi connectivity index (χ0) is 12.9. The molecule has 1 aromatic carbocycles. The molecule has 2 rings (SSSR count). The molecule has 1 N–H and O–H groups in total. The zero-order valence-electron chi connectivity index (χ0n) is 9.67. The fourth-order valence-electron chi connectivity index (χ4n) is 2.32. The lowest BCUT2D eigenvalue weighted by molar-refractivity contribution is -0.138. The molecule has 1 aliphatic rings. The summed E-state index contributed by atoms with van der Waals surface area (Å²) in [4.78, 5) is 11.4. The monoisotopic (exact) mass is 254 g/mol. The Kier molecular flexibility index (Phi) is 2.36. The average Bonchev–Trinajstić information content (AvgIpc) is 2.85. The van der Waals surface area contributed by atoms with Crippen LogP contribution in [0.4, 0.5) is 0 Å². The van der Waals surface area contributed by atoms with E-state index in [1.165, 1.54) is 12.1 Å². The first-order valence-electron chi connectivity index (χ1n) is 5.29. The fraction of sp³-hybridized carbons (Fsp3) is 0.417. The normalized spacial score (nSPS) is 26.5. The van der Waals surface area contributed by atoms with Gasteiger partial charge in [-0.05, 0) is 24.0 Å². The Labute approximate surface area is 100 Å². The van der Waals surface area contributed by atoms with Crippen molar-refractivity contribution in [1.82, 2.24) is 0 Å². The van der Waals surface area contributed by atoms with Crippen LogP contribution in [0.25, 0.3) is 0 Å². The van der Waals surface area contributed by atoms with E-state index in [9.17, 15) is 18.3 Å². The molecular weight excluding hydrogens is 240 g/mol. The van der Waals surface area contributed by atoms with Crippen LogP contribution in [-0.4, -0.2) is 24.2 Å². The summed E-state index contributed by atoms with van der Waals surface area (Å²) in [5, 5.41) is 9.26. The smallest absolute Gasteiger partial charge is 0.326 e. The van der Waals surface area contributed by atoms with Crippen LogP contribution in [0, 0.1) is 5.41 Å². The second kappa shape index (κ2) is 3.32. The second-order valence-electron chi connectivity index (χ2n) is 5.01. The van der Waals surface area contributed by atoms with Crippen LogP contribution in [0.15, 0.2) is 35.2 Å². The van der Waals surface area contributed by atoms with Gasteiger partial charge in [0.05, 0.1) is 4.90 Å². The average molecular weight is 254 g/mol. The van der Waals surface area contributed by atoms with E-state index in [2.05, 4.69) is 0 Å². The van der Waals surface area contributed by atoms with Crippen LogP contribution in [0.2, 0.25) is 0 Å². The minimum absolute atomic E-state index is 0.0768. The van der Waals surface area contributed by atoms with Gasteiger partial charge in [0.1, 0.15) is 0 Å². The van der Waals surface area contributed by atoms with Crippen molar-refractivity contribution in [3.05, 3.63) is 30.3 Å². The van der Waals surface area contributed by atoms with Gasteiger partial charge in [-0.1, -0.05) is 32.0 Å². The first-order valence-corrected chi connectivity index (χ1v) is 6.77. The van der Waals surface area contributed by atoms with E-state index in [0.717, 1.165) is 0 Å². The molecule has 1 atom stereocenters. The summed E-state index contributed by atoms with van der Waals surface area (Å²) in [7, 11) is -3.83. The summed E-state index contributed by atoms with van der Waals surface area (Å²) in [5.74, 6) is -1.26. The van der Waals surface area contributed by atoms with E-state index < -0.39 is 26.0 Å². The molecule has 0 bridgehead atoms. The Hall–Kier alpha value is -1.36. The van der Waals surface area contributed by atoms with Crippen molar-refractivity contribution in [1.29, 1.82) is 0 Å². The van der Waals surface area contributed by atoms with Crippen LogP contribution < -0.4 is 0 Å². The molecule has 5 heteroatoms. The summed E-state index contributed by atoms with van der Waals surface area (Å²) in [6.45, 7) is 3.34. The molecule has 92 valence electrons. The Balaban J connectivity index is 2.59. The van der Waals surface area contributed by atoms with Crippen molar-refractivity contribution in [2.24, 2.45) is 5.41 Å².